The monoisotopic (exact) mass is 534 g/mol. The predicted octanol–water partition coefficient (Wildman–Crippen LogP) is 4.59. The van der Waals surface area contributed by atoms with E-state index in [9.17, 15) is 14.0 Å². The number of nitrogens with zero attached hydrogens (tertiary/aromatic N) is 2. The van der Waals surface area contributed by atoms with Gasteiger partial charge in [0.25, 0.3) is 5.91 Å². The van der Waals surface area contributed by atoms with Gasteiger partial charge in [-0.1, -0.05) is 70.5 Å². The van der Waals surface area contributed by atoms with Crippen molar-refractivity contribution >= 4 is 27.7 Å². The van der Waals surface area contributed by atoms with Crippen LogP contribution in [0.2, 0.25) is 0 Å². The smallest absolute Gasteiger partial charge is 0.270 e. The maximum absolute atomic E-state index is 13.8. The molecule has 4 aromatic rings. The number of aromatic nitrogens is 2. The zero-order valence-corrected chi connectivity index (χ0v) is 20.6. The van der Waals surface area contributed by atoms with E-state index >= 15 is 0 Å². The van der Waals surface area contributed by atoms with Gasteiger partial charge in [0.2, 0.25) is 5.91 Å². The van der Waals surface area contributed by atoms with Crippen molar-refractivity contribution in [3.8, 4) is 11.3 Å². The molecular formula is C27H24BrFN4O2. The lowest BCUT2D eigenvalue weighted by molar-refractivity contribution is -0.122. The van der Waals surface area contributed by atoms with E-state index in [4.69, 9.17) is 0 Å². The van der Waals surface area contributed by atoms with Crippen molar-refractivity contribution in [2.45, 2.75) is 19.0 Å². The molecule has 2 N–H and O–H groups in total. The van der Waals surface area contributed by atoms with E-state index < -0.39 is 11.9 Å². The van der Waals surface area contributed by atoms with E-state index in [2.05, 4.69) is 31.7 Å². The number of nitrogens with one attached hydrogen (secondary N) is 2. The Bertz CT molecular complexity index is 1340. The van der Waals surface area contributed by atoms with Crippen LogP contribution in [0.15, 0.2) is 89.4 Å². The summed E-state index contributed by atoms with van der Waals surface area (Å²) in [4.78, 5) is 26.0. The van der Waals surface area contributed by atoms with E-state index in [1.165, 1.54) is 23.9 Å². The molecule has 0 saturated heterocycles. The number of hydrogen-bond acceptors (Lipinski definition) is 3. The standard InChI is InChI=1S/C27H24BrFN4O2/c1-30-26(34)24(15-18-7-5-11-21(28)13-18)31-27(35)25-16-23(20-9-3-2-4-10-20)32-33(25)17-19-8-6-12-22(29)14-19/h2-14,16,24H,15,17H2,1H3,(H,30,34)(H,31,35). The fourth-order valence-electron chi connectivity index (χ4n) is 3.79. The van der Waals surface area contributed by atoms with Crippen molar-refractivity contribution in [3.05, 3.63) is 112 Å². The zero-order chi connectivity index (χ0) is 24.8. The second kappa shape index (κ2) is 11.1. The van der Waals surface area contributed by atoms with Crippen LogP contribution >= 0.6 is 15.9 Å². The van der Waals surface area contributed by atoms with Crippen molar-refractivity contribution in [1.82, 2.24) is 20.4 Å². The Morgan fingerprint density at radius 3 is 2.43 bits per heavy atom. The Labute approximate surface area is 211 Å². The third kappa shape index (κ3) is 6.22. The summed E-state index contributed by atoms with van der Waals surface area (Å²) in [6.07, 6.45) is 0.314. The average molecular weight is 535 g/mol. The normalized spacial score (nSPS) is 11.6. The summed E-state index contributed by atoms with van der Waals surface area (Å²) in [5.41, 5.74) is 3.29. The SMILES string of the molecule is CNC(=O)C(Cc1cccc(Br)c1)NC(=O)c1cc(-c2ccccc2)nn1Cc1cccc(F)c1. The van der Waals surface area contributed by atoms with Crippen molar-refractivity contribution in [2.75, 3.05) is 7.05 Å². The molecule has 0 saturated carbocycles. The highest BCUT2D eigenvalue weighted by Crippen LogP contribution is 2.21. The van der Waals surface area contributed by atoms with Gasteiger partial charge in [-0.05, 0) is 41.5 Å². The van der Waals surface area contributed by atoms with E-state index in [0.29, 0.717) is 17.7 Å². The molecule has 0 radical (unpaired) electrons. The van der Waals surface area contributed by atoms with Crippen molar-refractivity contribution in [2.24, 2.45) is 0 Å². The minimum absolute atomic E-state index is 0.198. The Morgan fingerprint density at radius 1 is 0.971 bits per heavy atom. The molecule has 1 unspecified atom stereocenters. The number of benzene rings is 3. The molecule has 2 amide bonds. The lowest BCUT2D eigenvalue weighted by Crippen LogP contribution is -2.47. The number of amides is 2. The molecule has 0 spiro atoms. The highest BCUT2D eigenvalue weighted by molar-refractivity contribution is 9.10. The molecular weight excluding hydrogens is 511 g/mol. The third-order valence-electron chi connectivity index (χ3n) is 5.50. The Hall–Kier alpha value is -3.78. The van der Waals surface area contributed by atoms with Gasteiger partial charge in [0.1, 0.15) is 17.6 Å². The summed E-state index contributed by atoms with van der Waals surface area (Å²) < 4.78 is 16.2. The first-order valence-corrected chi connectivity index (χ1v) is 11.9. The molecule has 8 heteroatoms. The summed E-state index contributed by atoms with van der Waals surface area (Å²) in [7, 11) is 1.53. The van der Waals surface area contributed by atoms with Gasteiger partial charge in [0.15, 0.2) is 0 Å². The number of carbonyl (C=O) groups excluding carboxylic acids is 2. The van der Waals surface area contributed by atoms with Crippen molar-refractivity contribution in [1.29, 1.82) is 0 Å². The largest absolute Gasteiger partial charge is 0.357 e. The molecule has 0 fully saturated rings. The van der Waals surface area contributed by atoms with Crippen LogP contribution in [-0.4, -0.2) is 34.7 Å². The Balaban J connectivity index is 1.65. The Kier molecular flexibility index (Phi) is 7.72. The molecule has 0 aliphatic heterocycles. The second-order valence-corrected chi connectivity index (χ2v) is 8.96. The fourth-order valence-corrected chi connectivity index (χ4v) is 4.24. The van der Waals surface area contributed by atoms with E-state index in [-0.39, 0.29) is 24.0 Å². The molecule has 6 nitrogen and oxygen atoms in total. The minimum Gasteiger partial charge on any atom is -0.357 e. The Morgan fingerprint density at radius 2 is 1.71 bits per heavy atom. The molecule has 4 rings (SSSR count). The molecule has 1 aromatic heterocycles. The molecule has 1 atom stereocenters. The number of carbonyl (C=O) groups is 2. The maximum Gasteiger partial charge on any atom is 0.270 e. The first kappa shape index (κ1) is 24.3. The van der Waals surface area contributed by atoms with Gasteiger partial charge in [0.05, 0.1) is 12.2 Å². The molecule has 0 aliphatic rings. The van der Waals surface area contributed by atoms with Crippen molar-refractivity contribution < 1.29 is 14.0 Å². The quantitative estimate of drug-likeness (QED) is 0.347. The lowest BCUT2D eigenvalue weighted by Gasteiger charge is -2.18. The van der Waals surface area contributed by atoms with Crippen LogP contribution in [0.3, 0.4) is 0 Å². The van der Waals surface area contributed by atoms with Crippen LogP contribution in [0.5, 0.6) is 0 Å². The third-order valence-corrected chi connectivity index (χ3v) is 5.99. The lowest BCUT2D eigenvalue weighted by atomic mass is 10.0. The average Bonchev–Trinajstić information content (AvgIpc) is 3.27. The van der Waals surface area contributed by atoms with Crippen LogP contribution < -0.4 is 10.6 Å². The number of halogens is 2. The summed E-state index contributed by atoms with van der Waals surface area (Å²) >= 11 is 3.44. The van der Waals surface area contributed by atoms with Crippen LogP contribution in [-0.2, 0) is 17.8 Å². The fraction of sp³-hybridized carbons (Fsp3) is 0.148. The van der Waals surface area contributed by atoms with Gasteiger partial charge in [0, 0.05) is 23.5 Å². The van der Waals surface area contributed by atoms with Gasteiger partial charge < -0.3 is 10.6 Å². The molecule has 3 aromatic carbocycles. The van der Waals surface area contributed by atoms with Gasteiger partial charge in [-0.15, -0.1) is 0 Å². The summed E-state index contributed by atoms with van der Waals surface area (Å²) in [5.74, 6) is -1.12. The van der Waals surface area contributed by atoms with Crippen molar-refractivity contribution in [3.63, 3.8) is 0 Å². The number of likely N-dealkylation sites (N-methyl/N-ethyl adjacent to an activating group) is 1. The maximum atomic E-state index is 13.8. The summed E-state index contributed by atoms with van der Waals surface area (Å²) in [6, 6.07) is 24.1. The van der Waals surface area contributed by atoms with Crippen LogP contribution in [0.1, 0.15) is 21.6 Å². The topological polar surface area (TPSA) is 76.0 Å². The summed E-state index contributed by atoms with van der Waals surface area (Å²) in [6.45, 7) is 0.198. The number of rotatable bonds is 8. The first-order valence-electron chi connectivity index (χ1n) is 11.1. The summed E-state index contributed by atoms with van der Waals surface area (Å²) in [5, 5.41) is 10.1. The highest BCUT2D eigenvalue weighted by Gasteiger charge is 2.24. The molecule has 0 bridgehead atoms. The van der Waals surface area contributed by atoms with Crippen LogP contribution in [0.25, 0.3) is 11.3 Å². The van der Waals surface area contributed by atoms with E-state index in [1.54, 1.807) is 18.2 Å². The van der Waals surface area contributed by atoms with Gasteiger partial charge in [-0.25, -0.2) is 4.39 Å². The van der Waals surface area contributed by atoms with Crippen LogP contribution in [0, 0.1) is 5.82 Å². The van der Waals surface area contributed by atoms with Gasteiger partial charge in [-0.2, -0.15) is 5.10 Å². The molecule has 178 valence electrons. The second-order valence-electron chi connectivity index (χ2n) is 8.04. The van der Waals surface area contributed by atoms with E-state index in [0.717, 1.165) is 15.6 Å². The highest BCUT2D eigenvalue weighted by atomic mass is 79.9. The zero-order valence-electron chi connectivity index (χ0n) is 19.0. The van der Waals surface area contributed by atoms with Gasteiger partial charge >= 0.3 is 0 Å². The predicted molar refractivity (Wildman–Crippen MR) is 136 cm³/mol. The molecule has 1 heterocycles. The van der Waals surface area contributed by atoms with Crippen LogP contribution in [0.4, 0.5) is 4.39 Å². The van der Waals surface area contributed by atoms with Gasteiger partial charge in [-0.3, -0.25) is 14.3 Å². The molecule has 0 aliphatic carbocycles. The first-order chi connectivity index (χ1) is 16.9. The minimum atomic E-state index is -0.792. The molecule has 35 heavy (non-hydrogen) atoms. The van der Waals surface area contributed by atoms with E-state index in [1.807, 2.05) is 54.6 Å². The number of hydrogen-bond donors (Lipinski definition) is 2.